The summed E-state index contributed by atoms with van der Waals surface area (Å²) in [5.41, 5.74) is 1.27. The van der Waals surface area contributed by atoms with E-state index in [0.29, 0.717) is 11.5 Å². The summed E-state index contributed by atoms with van der Waals surface area (Å²) in [6.45, 7) is 6.48. The minimum Gasteiger partial charge on any atom is -0.466 e. The minimum atomic E-state index is -3.79. The SMILES string of the molecule is Cc1cc(C(C)NS(=O)(=O)c2c(CO)n[nH]c2C)c(C)o1. The predicted molar refractivity (Wildman–Crippen MR) is 76.2 cm³/mol. The van der Waals surface area contributed by atoms with Gasteiger partial charge in [-0.05, 0) is 33.8 Å². The van der Waals surface area contributed by atoms with Gasteiger partial charge in [0.05, 0.1) is 12.3 Å². The number of aliphatic hydroxyl groups is 1. The van der Waals surface area contributed by atoms with Gasteiger partial charge in [-0.1, -0.05) is 0 Å². The lowest BCUT2D eigenvalue weighted by molar-refractivity contribution is 0.273. The van der Waals surface area contributed by atoms with Crippen LogP contribution in [0.1, 0.15) is 41.4 Å². The molecule has 7 nitrogen and oxygen atoms in total. The molecule has 0 spiro atoms. The number of aliphatic hydroxyl groups excluding tert-OH is 1. The van der Waals surface area contributed by atoms with E-state index in [9.17, 15) is 13.5 Å². The van der Waals surface area contributed by atoms with Crippen molar-refractivity contribution >= 4 is 10.0 Å². The molecule has 0 fully saturated rings. The van der Waals surface area contributed by atoms with E-state index in [4.69, 9.17) is 4.42 Å². The molecule has 2 heterocycles. The van der Waals surface area contributed by atoms with Crippen LogP contribution < -0.4 is 4.72 Å². The molecule has 0 aliphatic heterocycles. The number of nitrogens with zero attached hydrogens (tertiary/aromatic N) is 1. The lowest BCUT2D eigenvalue weighted by Crippen LogP contribution is -2.28. The smallest absolute Gasteiger partial charge is 0.244 e. The number of aromatic nitrogens is 2. The molecule has 0 aliphatic rings. The molecule has 0 aromatic carbocycles. The van der Waals surface area contributed by atoms with E-state index >= 15 is 0 Å². The van der Waals surface area contributed by atoms with Gasteiger partial charge in [0, 0.05) is 11.6 Å². The normalized spacial score (nSPS) is 13.6. The van der Waals surface area contributed by atoms with Crippen molar-refractivity contribution in [2.24, 2.45) is 0 Å². The van der Waals surface area contributed by atoms with Gasteiger partial charge >= 0.3 is 0 Å². The largest absolute Gasteiger partial charge is 0.466 e. The fourth-order valence-corrected chi connectivity index (χ4v) is 3.95. The first-order valence-electron chi connectivity index (χ1n) is 6.50. The third-order valence-corrected chi connectivity index (χ3v) is 5.00. The van der Waals surface area contributed by atoms with Crippen molar-refractivity contribution in [1.29, 1.82) is 0 Å². The summed E-state index contributed by atoms with van der Waals surface area (Å²) < 4.78 is 33.0. The number of nitrogens with one attached hydrogen (secondary N) is 2. The first-order valence-corrected chi connectivity index (χ1v) is 7.98. The van der Waals surface area contributed by atoms with Gasteiger partial charge in [0.2, 0.25) is 10.0 Å². The molecule has 21 heavy (non-hydrogen) atoms. The van der Waals surface area contributed by atoms with Crippen LogP contribution in [0.3, 0.4) is 0 Å². The molecule has 2 aromatic rings. The van der Waals surface area contributed by atoms with Crippen molar-refractivity contribution < 1.29 is 17.9 Å². The topological polar surface area (TPSA) is 108 Å². The number of hydrogen-bond donors (Lipinski definition) is 3. The van der Waals surface area contributed by atoms with Gasteiger partial charge in [0.15, 0.2) is 0 Å². The summed E-state index contributed by atoms with van der Waals surface area (Å²) >= 11 is 0. The predicted octanol–water partition coefficient (Wildman–Crippen LogP) is 1.46. The number of rotatable bonds is 5. The zero-order valence-corrected chi connectivity index (χ0v) is 13.2. The van der Waals surface area contributed by atoms with Crippen LogP contribution in [0.25, 0.3) is 0 Å². The van der Waals surface area contributed by atoms with Crippen LogP contribution in [0, 0.1) is 20.8 Å². The Balaban J connectivity index is 2.33. The first kappa shape index (κ1) is 15.7. The molecular formula is C13H19N3O4S. The third kappa shape index (κ3) is 3.02. The van der Waals surface area contributed by atoms with Crippen molar-refractivity contribution in [3.8, 4) is 0 Å². The average Bonchev–Trinajstić information content (AvgIpc) is 2.91. The summed E-state index contributed by atoms with van der Waals surface area (Å²) in [5, 5.41) is 15.6. The van der Waals surface area contributed by atoms with Crippen LogP contribution in [0.4, 0.5) is 0 Å². The molecule has 2 rings (SSSR count). The van der Waals surface area contributed by atoms with Crippen LogP contribution in [0.5, 0.6) is 0 Å². The van der Waals surface area contributed by atoms with Gasteiger partial charge < -0.3 is 9.52 Å². The standard InChI is InChI=1S/C13H19N3O4S/c1-7-5-11(10(4)20-7)8(2)16-21(18,19)13-9(3)14-15-12(13)6-17/h5,8,16-17H,6H2,1-4H3,(H,14,15). The maximum Gasteiger partial charge on any atom is 0.244 e. The monoisotopic (exact) mass is 313 g/mol. The molecule has 0 saturated carbocycles. The van der Waals surface area contributed by atoms with Crippen molar-refractivity contribution in [3.63, 3.8) is 0 Å². The van der Waals surface area contributed by atoms with Crippen molar-refractivity contribution in [3.05, 3.63) is 34.5 Å². The van der Waals surface area contributed by atoms with Crippen LogP contribution >= 0.6 is 0 Å². The highest BCUT2D eigenvalue weighted by molar-refractivity contribution is 7.89. The summed E-state index contributed by atoms with van der Waals surface area (Å²) in [6, 6.07) is 1.35. The Morgan fingerprint density at radius 1 is 1.43 bits per heavy atom. The molecule has 1 unspecified atom stereocenters. The molecule has 0 radical (unpaired) electrons. The van der Waals surface area contributed by atoms with Crippen LogP contribution in [0.2, 0.25) is 0 Å². The second kappa shape index (κ2) is 5.63. The average molecular weight is 313 g/mol. The number of hydrogen-bond acceptors (Lipinski definition) is 5. The van der Waals surface area contributed by atoms with E-state index in [2.05, 4.69) is 14.9 Å². The van der Waals surface area contributed by atoms with Gasteiger partial charge in [-0.2, -0.15) is 5.10 Å². The first-order chi connectivity index (χ1) is 9.76. The fraction of sp³-hybridized carbons (Fsp3) is 0.462. The third-order valence-electron chi connectivity index (χ3n) is 3.26. The Morgan fingerprint density at radius 2 is 2.10 bits per heavy atom. The van der Waals surface area contributed by atoms with Gasteiger partial charge in [-0.15, -0.1) is 0 Å². The van der Waals surface area contributed by atoms with Gasteiger partial charge in [0.25, 0.3) is 0 Å². The second-order valence-corrected chi connectivity index (χ2v) is 6.64. The van der Waals surface area contributed by atoms with E-state index in [1.807, 2.05) is 6.92 Å². The van der Waals surface area contributed by atoms with E-state index in [0.717, 1.165) is 11.3 Å². The molecule has 2 aromatic heterocycles. The quantitative estimate of drug-likeness (QED) is 0.774. The summed E-state index contributed by atoms with van der Waals surface area (Å²) in [4.78, 5) is -0.00489. The number of sulfonamides is 1. The van der Waals surface area contributed by atoms with Gasteiger partial charge in [-0.3, -0.25) is 5.10 Å². The van der Waals surface area contributed by atoms with E-state index in [-0.39, 0.29) is 10.6 Å². The Labute approximate surface area is 123 Å². The molecule has 0 amide bonds. The van der Waals surface area contributed by atoms with Crippen molar-refractivity contribution in [2.75, 3.05) is 0 Å². The van der Waals surface area contributed by atoms with E-state index in [1.54, 1.807) is 26.8 Å². The van der Waals surface area contributed by atoms with Crippen LogP contribution in [-0.4, -0.2) is 23.7 Å². The molecule has 116 valence electrons. The molecule has 0 saturated heterocycles. The Bertz CT molecular complexity index is 746. The fourth-order valence-electron chi connectivity index (χ4n) is 2.37. The molecule has 8 heteroatoms. The second-order valence-electron chi connectivity index (χ2n) is 4.99. The Kier molecular flexibility index (Phi) is 4.22. The molecule has 0 bridgehead atoms. The van der Waals surface area contributed by atoms with Crippen LogP contribution in [0.15, 0.2) is 15.4 Å². The highest BCUT2D eigenvalue weighted by Gasteiger charge is 2.27. The zero-order valence-electron chi connectivity index (χ0n) is 12.4. The molecule has 3 N–H and O–H groups in total. The lowest BCUT2D eigenvalue weighted by Gasteiger charge is -2.14. The highest BCUT2D eigenvalue weighted by atomic mass is 32.2. The maximum atomic E-state index is 12.5. The number of aromatic amines is 1. The maximum absolute atomic E-state index is 12.5. The van der Waals surface area contributed by atoms with Gasteiger partial charge in [0.1, 0.15) is 22.1 Å². The van der Waals surface area contributed by atoms with Crippen molar-refractivity contribution in [2.45, 2.75) is 45.2 Å². The molecule has 1 atom stereocenters. The Morgan fingerprint density at radius 3 is 2.62 bits per heavy atom. The number of furan rings is 1. The summed E-state index contributed by atoms with van der Waals surface area (Å²) in [5.74, 6) is 1.40. The lowest BCUT2D eigenvalue weighted by atomic mass is 10.1. The Hall–Kier alpha value is -1.64. The minimum absolute atomic E-state index is 0.00489. The summed E-state index contributed by atoms with van der Waals surface area (Å²) in [7, 11) is -3.79. The molecule has 0 aliphatic carbocycles. The van der Waals surface area contributed by atoms with Gasteiger partial charge in [-0.25, -0.2) is 13.1 Å². The summed E-state index contributed by atoms with van der Waals surface area (Å²) in [6.07, 6.45) is 0. The zero-order chi connectivity index (χ0) is 15.8. The van der Waals surface area contributed by atoms with Crippen molar-refractivity contribution in [1.82, 2.24) is 14.9 Å². The number of aryl methyl sites for hydroxylation is 3. The highest BCUT2D eigenvalue weighted by Crippen LogP contribution is 2.25. The molecular weight excluding hydrogens is 294 g/mol. The number of H-pyrrole nitrogens is 1. The van der Waals surface area contributed by atoms with E-state index < -0.39 is 22.7 Å². The van der Waals surface area contributed by atoms with E-state index in [1.165, 1.54) is 0 Å². The van der Waals surface area contributed by atoms with Crippen LogP contribution in [-0.2, 0) is 16.6 Å².